The first-order valence-corrected chi connectivity index (χ1v) is 12.5. The molecule has 0 amide bonds. The SMILES string of the molecule is C.CCOC(=O)C1CCN(Cc2ccccc2)CC1=O.Cl.OCC1CCN(Cc2ccccc2)CC1O. The van der Waals surface area contributed by atoms with E-state index >= 15 is 0 Å². The zero-order valence-electron chi connectivity index (χ0n) is 21.0. The lowest BCUT2D eigenvalue weighted by atomic mass is 9.94. The molecule has 3 atom stereocenters. The number of rotatable bonds is 7. The van der Waals surface area contributed by atoms with Gasteiger partial charge in [0.05, 0.1) is 19.3 Å². The summed E-state index contributed by atoms with van der Waals surface area (Å²) in [6, 6.07) is 20.3. The fourth-order valence-corrected chi connectivity index (χ4v) is 4.59. The molecule has 7 nitrogen and oxygen atoms in total. The number of hydrogen-bond donors (Lipinski definition) is 2. The van der Waals surface area contributed by atoms with Crippen LogP contribution in [0, 0.1) is 11.8 Å². The number of ketones is 1. The van der Waals surface area contributed by atoms with Gasteiger partial charge in [0, 0.05) is 38.7 Å². The molecule has 0 bridgehead atoms. The molecule has 2 N–H and O–H groups in total. The van der Waals surface area contributed by atoms with Crippen molar-refractivity contribution in [2.75, 3.05) is 39.4 Å². The smallest absolute Gasteiger partial charge is 0.316 e. The third kappa shape index (κ3) is 10.5. The summed E-state index contributed by atoms with van der Waals surface area (Å²) >= 11 is 0. The van der Waals surface area contributed by atoms with Crippen LogP contribution in [0.3, 0.4) is 0 Å². The highest BCUT2D eigenvalue weighted by Crippen LogP contribution is 2.19. The molecule has 0 radical (unpaired) electrons. The molecule has 37 heavy (non-hydrogen) atoms. The second-order valence-corrected chi connectivity index (χ2v) is 9.28. The number of aliphatic hydroxyl groups excluding tert-OH is 2. The number of aliphatic hydroxyl groups is 2. The first-order valence-electron chi connectivity index (χ1n) is 12.5. The summed E-state index contributed by atoms with van der Waals surface area (Å²) in [5.74, 6) is -0.897. The molecule has 2 aliphatic heterocycles. The number of Topliss-reactive ketones (excluding diaryl/α,β-unsaturated/α-hetero) is 1. The molecule has 206 valence electrons. The number of halogens is 1. The van der Waals surface area contributed by atoms with Crippen molar-refractivity contribution in [3.8, 4) is 0 Å². The van der Waals surface area contributed by atoms with Gasteiger partial charge in [-0.3, -0.25) is 19.4 Å². The van der Waals surface area contributed by atoms with Gasteiger partial charge in [-0.1, -0.05) is 68.1 Å². The number of carbonyl (C=O) groups is 2. The second kappa shape index (κ2) is 17.3. The zero-order chi connectivity index (χ0) is 25.0. The fraction of sp³-hybridized carbons (Fsp3) is 0.517. The molecule has 4 rings (SSSR count). The normalized spacial score (nSPS) is 22.0. The van der Waals surface area contributed by atoms with Gasteiger partial charge >= 0.3 is 5.97 Å². The van der Waals surface area contributed by atoms with E-state index in [4.69, 9.17) is 9.84 Å². The van der Waals surface area contributed by atoms with Crippen molar-refractivity contribution in [1.82, 2.24) is 9.80 Å². The molecule has 2 aliphatic rings. The van der Waals surface area contributed by atoms with Crippen LogP contribution in [-0.2, 0) is 27.4 Å². The van der Waals surface area contributed by atoms with Crippen LogP contribution in [0.25, 0.3) is 0 Å². The van der Waals surface area contributed by atoms with Crippen molar-refractivity contribution in [2.24, 2.45) is 11.8 Å². The van der Waals surface area contributed by atoms with E-state index in [-0.39, 0.29) is 50.2 Å². The van der Waals surface area contributed by atoms with E-state index in [9.17, 15) is 14.7 Å². The zero-order valence-corrected chi connectivity index (χ0v) is 21.8. The van der Waals surface area contributed by atoms with E-state index in [2.05, 4.69) is 21.9 Å². The fourth-order valence-electron chi connectivity index (χ4n) is 4.59. The third-order valence-corrected chi connectivity index (χ3v) is 6.61. The van der Waals surface area contributed by atoms with Gasteiger partial charge in [0.1, 0.15) is 5.92 Å². The predicted molar refractivity (Wildman–Crippen MR) is 148 cm³/mol. The first kappa shape index (κ1) is 32.7. The number of ether oxygens (including phenoxy) is 1. The van der Waals surface area contributed by atoms with Gasteiger partial charge < -0.3 is 14.9 Å². The van der Waals surface area contributed by atoms with Gasteiger partial charge in [0.15, 0.2) is 5.78 Å². The van der Waals surface area contributed by atoms with Crippen LogP contribution in [0.1, 0.15) is 38.3 Å². The lowest BCUT2D eigenvalue weighted by molar-refractivity contribution is -0.153. The minimum absolute atomic E-state index is 0. The minimum Gasteiger partial charge on any atom is -0.465 e. The van der Waals surface area contributed by atoms with Gasteiger partial charge in [0.2, 0.25) is 0 Å². The molecule has 2 heterocycles. The Bertz CT molecular complexity index is 915. The number of likely N-dealkylation sites (tertiary alicyclic amines) is 2. The van der Waals surface area contributed by atoms with E-state index in [1.807, 2.05) is 48.5 Å². The maximum atomic E-state index is 12.0. The summed E-state index contributed by atoms with van der Waals surface area (Å²) in [5, 5.41) is 18.9. The summed E-state index contributed by atoms with van der Waals surface area (Å²) in [6.45, 7) is 6.53. The number of carbonyl (C=O) groups excluding carboxylic acids is 2. The summed E-state index contributed by atoms with van der Waals surface area (Å²) in [5.41, 5.74) is 2.46. The van der Waals surface area contributed by atoms with Crippen LogP contribution in [-0.4, -0.2) is 77.3 Å². The van der Waals surface area contributed by atoms with Crippen molar-refractivity contribution >= 4 is 24.2 Å². The topological polar surface area (TPSA) is 90.3 Å². The first-order chi connectivity index (χ1) is 17.0. The lowest BCUT2D eigenvalue weighted by Crippen LogP contribution is -2.44. The van der Waals surface area contributed by atoms with E-state index in [0.29, 0.717) is 26.1 Å². The quantitative estimate of drug-likeness (QED) is 0.414. The van der Waals surface area contributed by atoms with Crippen LogP contribution in [0.5, 0.6) is 0 Å². The number of nitrogens with zero attached hydrogens (tertiary/aromatic N) is 2. The van der Waals surface area contributed by atoms with E-state index in [1.165, 1.54) is 11.1 Å². The number of piperidine rings is 2. The average Bonchev–Trinajstić information content (AvgIpc) is 2.86. The molecule has 0 aromatic heterocycles. The molecule has 0 spiro atoms. The molecule has 8 heteroatoms. The summed E-state index contributed by atoms with van der Waals surface area (Å²) in [4.78, 5) is 27.9. The molecule has 2 aromatic rings. The van der Waals surface area contributed by atoms with Crippen LogP contribution in [0.15, 0.2) is 60.7 Å². The Morgan fingerprint density at radius 3 is 1.97 bits per heavy atom. The largest absolute Gasteiger partial charge is 0.465 e. The Kier molecular flexibility index (Phi) is 15.3. The van der Waals surface area contributed by atoms with Gasteiger partial charge in [-0.05, 0) is 37.4 Å². The third-order valence-electron chi connectivity index (χ3n) is 6.61. The van der Waals surface area contributed by atoms with Crippen LogP contribution in [0.4, 0.5) is 0 Å². The maximum Gasteiger partial charge on any atom is 0.316 e. The Hall–Kier alpha value is -2.29. The van der Waals surface area contributed by atoms with Crippen LogP contribution < -0.4 is 0 Å². The number of benzene rings is 2. The van der Waals surface area contributed by atoms with E-state index in [0.717, 1.165) is 32.6 Å². The monoisotopic (exact) mass is 534 g/mol. The van der Waals surface area contributed by atoms with Crippen molar-refractivity contribution in [2.45, 2.75) is 46.4 Å². The van der Waals surface area contributed by atoms with E-state index < -0.39 is 5.92 Å². The van der Waals surface area contributed by atoms with Gasteiger partial charge in [0.25, 0.3) is 0 Å². The highest BCUT2D eigenvalue weighted by Gasteiger charge is 2.33. The summed E-state index contributed by atoms with van der Waals surface area (Å²) in [6.07, 6.45) is 1.05. The Labute approximate surface area is 227 Å². The molecular formula is C29H43ClN2O5. The molecule has 2 fully saturated rings. The number of hydrogen-bond acceptors (Lipinski definition) is 7. The molecular weight excluding hydrogens is 492 g/mol. The van der Waals surface area contributed by atoms with Crippen molar-refractivity contribution in [3.63, 3.8) is 0 Å². The molecule has 0 aliphatic carbocycles. The Morgan fingerprint density at radius 1 is 0.946 bits per heavy atom. The maximum absolute atomic E-state index is 12.0. The second-order valence-electron chi connectivity index (χ2n) is 9.28. The summed E-state index contributed by atoms with van der Waals surface area (Å²) < 4.78 is 4.93. The van der Waals surface area contributed by atoms with Gasteiger partial charge in [-0.15, -0.1) is 12.4 Å². The highest BCUT2D eigenvalue weighted by atomic mass is 35.5. The summed E-state index contributed by atoms with van der Waals surface area (Å²) in [7, 11) is 0. The predicted octanol–water partition coefficient (Wildman–Crippen LogP) is 3.56. The Morgan fingerprint density at radius 2 is 1.49 bits per heavy atom. The number of β-amino-alcohol motifs (C(OH)–C–C–N with tert-alkyl or cyclic N) is 1. The molecule has 3 unspecified atom stereocenters. The average molecular weight is 535 g/mol. The van der Waals surface area contributed by atoms with Crippen LogP contribution in [0.2, 0.25) is 0 Å². The standard InChI is InChI=1S/C15H19NO3.C13H19NO2.CH4.ClH/c1-2-19-15(18)13-8-9-16(11-14(13)17)10-12-6-4-3-5-7-12;15-10-12-6-7-14(9-13(12)16)8-11-4-2-1-3-5-11;;/h3-7,13H,2,8-11H2,1H3;1-5,12-13,15-16H,6-10H2;1H4;1H. The molecule has 0 saturated carbocycles. The molecule has 2 saturated heterocycles. The van der Waals surface area contributed by atoms with Crippen LogP contribution >= 0.6 is 12.4 Å². The Balaban J connectivity index is 0.000000355. The van der Waals surface area contributed by atoms with E-state index in [1.54, 1.807) is 6.92 Å². The lowest BCUT2D eigenvalue weighted by Gasteiger charge is -2.35. The minimum atomic E-state index is -0.563. The van der Waals surface area contributed by atoms with Gasteiger partial charge in [-0.25, -0.2) is 0 Å². The van der Waals surface area contributed by atoms with Crippen molar-refractivity contribution < 1.29 is 24.5 Å². The highest BCUT2D eigenvalue weighted by molar-refractivity contribution is 6.00. The molecule has 2 aromatic carbocycles. The van der Waals surface area contributed by atoms with Gasteiger partial charge in [-0.2, -0.15) is 0 Å². The van der Waals surface area contributed by atoms with Crippen molar-refractivity contribution in [3.05, 3.63) is 71.8 Å². The number of esters is 1. The van der Waals surface area contributed by atoms with Crippen molar-refractivity contribution in [1.29, 1.82) is 0 Å².